The van der Waals surface area contributed by atoms with Crippen LogP contribution in [0.25, 0.3) is 0 Å². The van der Waals surface area contributed by atoms with Crippen molar-refractivity contribution in [2.45, 2.75) is 50.5 Å². The van der Waals surface area contributed by atoms with Crippen molar-refractivity contribution in [1.82, 2.24) is 4.90 Å². The Balaban J connectivity index is 1.51. The molecule has 1 unspecified atom stereocenters. The summed E-state index contributed by atoms with van der Waals surface area (Å²) >= 11 is 0. The quantitative estimate of drug-likeness (QED) is 0.461. The van der Waals surface area contributed by atoms with Crippen LogP contribution in [0.5, 0.6) is 0 Å². The number of aliphatic hydroxyl groups is 1. The van der Waals surface area contributed by atoms with Gasteiger partial charge in [-0.15, -0.1) is 0 Å². The molecule has 2 aromatic carbocycles. The average molecular weight is 543 g/mol. The van der Waals surface area contributed by atoms with Crippen LogP contribution in [0.1, 0.15) is 23.6 Å². The first kappa shape index (κ1) is 26.5. The van der Waals surface area contributed by atoms with Crippen LogP contribution in [-0.4, -0.2) is 70.8 Å². The highest BCUT2D eigenvalue weighted by Gasteiger charge is 2.75. The normalized spacial score (nSPS) is 31.8. The molecule has 4 aliphatic heterocycles. The number of cyclic esters (lactones) is 1. The number of hydrogen-bond donors (Lipinski definition) is 1. The highest BCUT2D eigenvalue weighted by Crippen LogP contribution is 2.58. The van der Waals surface area contributed by atoms with Crippen LogP contribution in [-0.2, 0) is 30.3 Å². The number of carbonyl (C=O) groups is 3. The molecule has 8 nitrogen and oxygen atoms in total. The van der Waals surface area contributed by atoms with Gasteiger partial charge in [-0.1, -0.05) is 60.7 Å². The molecule has 2 fully saturated rings. The number of hydrogen-bond acceptors (Lipinski definition) is 6. The monoisotopic (exact) mass is 542 g/mol. The van der Waals surface area contributed by atoms with E-state index in [0.29, 0.717) is 6.42 Å². The molecule has 0 radical (unpaired) electrons. The number of esters is 1. The van der Waals surface area contributed by atoms with Crippen LogP contribution in [0, 0.1) is 25.7 Å². The van der Waals surface area contributed by atoms with E-state index in [1.165, 1.54) is 4.90 Å². The minimum Gasteiger partial charge on any atom is -0.461 e. The Morgan fingerprint density at radius 3 is 2.52 bits per heavy atom. The summed E-state index contributed by atoms with van der Waals surface area (Å²) < 4.78 is 12.3. The Hall–Kier alpha value is -3.75. The smallest absolute Gasteiger partial charge is 0.313 e. The fourth-order valence-electron chi connectivity index (χ4n) is 7.05. The van der Waals surface area contributed by atoms with E-state index in [9.17, 15) is 19.5 Å². The van der Waals surface area contributed by atoms with Crippen molar-refractivity contribution in [3.63, 3.8) is 0 Å². The van der Waals surface area contributed by atoms with E-state index >= 15 is 0 Å². The largest absolute Gasteiger partial charge is 0.461 e. The molecule has 0 saturated carbocycles. The van der Waals surface area contributed by atoms with Gasteiger partial charge >= 0.3 is 5.97 Å². The van der Waals surface area contributed by atoms with Crippen molar-refractivity contribution in [3.05, 3.63) is 89.5 Å². The van der Waals surface area contributed by atoms with Crippen molar-refractivity contribution in [2.75, 3.05) is 24.7 Å². The van der Waals surface area contributed by atoms with Crippen LogP contribution in [0.3, 0.4) is 0 Å². The van der Waals surface area contributed by atoms with E-state index in [1.807, 2.05) is 68.5 Å². The number of anilines is 1. The van der Waals surface area contributed by atoms with Gasteiger partial charge < -0.3 is 24.4 Å². The zero-order chi connectivity index (χ0) is 28.2. The summed E-state index contributed by atoms with van der Waals surface area (Å²) in [6.45, 7) is 5.72. The molecule has 2 amide bonds. The zero-order valence-corrected chi connectivity index (χ0v) is 22.9. The van der Waals surface area contributed by atoms with Gasteiger partial charge in [0, 0.05) is 12.2 Å². The lowest BCUT2D eigenvalue weighted by molar-refractivity contribution is -0.157. The first-order chi connectivity index (χ1) is 19.2. The summed E-state index contributed by atoms with van der Waals surface area (Å²) in [4.78, 5) is 45.8. The second-order valence-corrected chi connectivity index (χ2v) is 11.4. The van der Waals surface area contributed by atoms with Crippen LogP contribution >= 0.6 is 0 Å². The third kappa shape index (κ3) is 3.92. The van der Waals surface area contributed by atoms with Gasteiger partial charge in [0.15, 0.2) is 0 Å². The number of aliphatic hydroxyl groups excluding tert-OH is 1. The number of likely N-dealkylation sites (tertiary alicyclic amines) is 1. The summed E-state index contributed by atoms with van der Waals surface area (Å²) in [6.07, 6.45) is 7.52. The number of benzene rings is 2. The second kappa shape index (κ2) is 9.71. The fourth-order valence-corrected chi connectivity index (χ4v) is 7.05. The number of ether oxygens (including phenoxy) is 2. The van der Waals surface area contributed by atoms with Gasteiger partial charge in [-0.05, 0) is 56.0 Å². The number of rotatable bonds is 5. The van der Waals surface area contributed by atoms with Gasteiger partial charge in [-0.25, -0.2) is 0 Å². The summed E-state index contributed by atoms with van der Waals surface area (Å²) in [5.74, 6) is -3.14. The van der Waals surface area contributed by atoms with Crippen molar-refractivity contribution < 1.29 is 29.0 Å². The predicted octanol–water partition coefficient (Wildman–Crippen LogP) is 2.89. The minimum atomic E-state index is -1.41. The highest BCUT2D eigenvalue weighted by atomic mass is 16.6. The molecule has 6 atom stereocenters. The van der Waals surface area contributed by atoms with Gasteiger partial charge in [-0.3, -0.25) is 14.4 Å². The molecule has 0 bridgehead atoms. The molecule has 208 valence electrons. The van der Waals surface area contributed by atoms with Crippen molar-refractivity contribution in [1.29, 1.82) is 0 Å². The molecule has 2 saturated heterocycles. The Bertz CT molecular complexity index is 1420. The molecule has 6 rings (SSSR count). The van der Waals surface area contributed by atoms with Gasteiger partial charge in [0.05, 0.1) is 24.2 Å². The summed E-state index contributed by atoms with van der Waals surface area (Å²) in [7, 11) is 0. The lowest BCUT2D eigenvalue weighted by Crippen LogP contribution is -2.59. The lowest BCUT2D eigenvalue weighted by atomic mass is 9.75. The van der Waals surface area contributed by atoms with E-state index in [2.05, 4.69) is 0 Å². The number of fused-ring (bicyclic) bond motifs is 2. The van der Waals surface area contributed by atoms with E-state index in [-0.39, 0.29) is 31.6 Å². The first-order valence-corrected chi connectivity index (χ1v) is 13.8. The van der Waals surface area contributed by atoms with Crippen LogP contribution < -0.4 is 4.90 Å². The van der Waals surface area contributed by atoms with Crippen molar-refractivity contribution in [3.8, 4) is 0 Å². The maximum absolute atomic E-state index is 14.7. The average Bonchev–Trinajstić information content (AvgIpc) is 3.20. The lowest BCUT2D eigenvalue weighted by Gasteiger charge is -2.40. The number of nitrogens with zero attached hydrogens (tertiary/aromatic N) is 2. The summed E-state index contributed by atoms with van der Waals surface area (Å²) in [5, 5.41) is 10.6. The van der Waals surface area contributed by atoms with Gasteiger partial charge in [-0.2, -0.15) is 0 Å². The number of aryl methyl sites for hydroxylation is 2. The molecule has 1 spiro atoms. The van der Waals surface area contributed by atoms with E-state index < -0.39 is 41.1 Å². The number of carbonyl (C=O) groups excluding carboxylic acids is 3. The van der Waals surface area contributed by atoms with Crippen molar-refractivity contribution in [2.24, 2.45) is 11.8 Å². The fraction of sp³-hybridized carbons (Fsp3) is 0.406. The molecule has 2 aromatic rings. The zero-order valence-electron chi connectivity index (χ0n) is 22.9. The maximum Gasteiger partial charge on any atom is 0.313 e. The van der Waals surface area contributed by atoms with Crippen LogP contribution in [0.2, 0.25) is 0 Å². The van der Waals surface area contributed by atoms with Crippen LogP contribution in [0.15, 0.2) is 72.8 Å². The third-order valence-electron chi connectivity index (χ3n) is 8.82. The van der Waals surface area contributed by atoms with E-state index in [0.717, 1.165) is 22.4 Å². The van der Waals surface area contributed by atoms with Gasteiger partial charge in [0.1, 0.15) is 24.2 Å². The molecule has 40 heavy (non-hydrogen) atoms. The molecule has 1 N–H and O–H groups in total. The van der Waals surface area contributed by atoms with E-state index in [4.69, 9.17) is 9.47 Å². The van der Waals surface area contributed by atoms with E-state index in [1.54, 1.807) is 30.1 Å². The molecule has 0 aromatic heterocycles. The Morgan fingerprint density at radius 1 is 1.00 bits per heavy atom. The first-order valence-electron chi connectivity index (χ1n) is 13.8. The number of amides is 2. The molecular weight excluding hydrogens is 508 g/mol. The standard InChI is InChI=1S/C32H34N2O6/c1-20-11-12-21(2)24(17-20)33-15-7-14-32-25(26-30(38)39-16-8-13-31(26,3)40-32)28(36)34(27(32)29(33)37)23(19-35)18-22-9-5-4-6-10-22/h4-14,17,23,25-27,35H,15-16,18-19H2,1-3H3/t23-,25+,26+,27?,31-,32+/m1/s1. The molecule has 4 aliphatic rings. The Labute approximate surface area is 233 Å². The third-order valence-corrected chi connectivity index (χ3v) is 8.82. The SMILES string of the molecule is Cc1ccc(C)c(N2CC=C[C@]34O[C@]5(C)C=CCOC(=O)[C@@H]5[C@H]3C(=O)N([C@@H](CO)Cc3ccccc3)C4C2=O)c1. The second-order valence-electron chi connectivity index (χ2n) is 11.4. The Kier molecular flexibility index (Phi) is 6.43. The molecule has 8 heteroatoms. The molecule has 4 heterocycles. The highest BCUT2D eigenvalue weighted by molar-refractivity contribution is 6.06. The van der Waals surface area contributed by atoms with Crippen LogP contribution in [0.4, 0.5) is 5.69 Å². The molecular formula is C32H34N2O6. The Morgan fingerprint density at radius 2 is 1.77 bits per heavy atom. The summed E-state index contributed by atoms with van der Waals surface area (Å²) in [5.41, 5.74) is 1.06. The van der Waals surface area contributed by atoms with Crippen molar-refractivity contribution >= 4 is 23.5 Å². The maximum atomic E-state index is 14.7. The predicted molar refractivity (Wildman–Crippen MR) is 148 cm³/mol. The summed E-state index contributed by atoms with van der Waals surface area (Å²) in [6, 6.07) is 13.7. The molecule has 0 aliphatic carbocycles. The minimum absolute atomic E-state index is 0.0950. The van der Waals surface area contributed by atoms with Gasteiger partial charge in [0.2, 0.25) is 5.91 Å². The van der Waals surface area contributed by atoms with Gasteiger partial charge in [0.25, 0.3) is 5.91 Å². The topological polar surface area (TPSA) is 96.4 Å².